The lowest BCUT2D eigenvalue weighted by Gasteiger charge is -2.07. The van der Waals surface area contributed by atoms with E-state index < -0.39 is 0 Å². The van der Waals surface area contributed by atoms with E-state index >= 15 is 0 Å². The van der Waals surface area contributed by atoms with Gasteiger partial charge < -0.3 is 9.32 Å². The van der Waals surface area contributed by atoms with Crippen molar-refractivity contribution < 1.29 is 4.42 Å². The molecule has 0 spiro atoms. The minimum atomic E-state index is 1.03. The van der Waals surface area contributed by atoms with Crippen molar-refractivity contribution in [3.05, 3.63) is 35.1 Å². The van der Waals surface area contributed by atoms with Gasteiger partial charge in [-0.3, -0.25) is 0 Å². The molecule has 0 unspecified atom stereocenters. The van der Waals surface area contributed by atoms with E-state index in [4.69, 9.17) is 4.42 Å². The van der Waals surface area contributed by atoms with Crippen LogP contribution in [0, 0.1) is 13.8 Å². The van der Waals surface area contributed by atoms with Crippen molar-refractivity contribution in [2.24, 2.45) is 0 Å². The number of hydrogen-bond donors (Lipinski definition) is 0. The Morgan fingerprint density at radius 1 is 1.18 bits per heavy atom. The maximum absolute atomic E-state index is 5.94. The second kappa shape index (κ2) is 4.92. The summed E-state index contributed by atoms with van der Waals surface area (Å²) in [5.41, 5.74) is 3.59. The van der Waals surface area contributed by atoms with Crippen molar-refractivity contribution in [3.63, 3.8) is 0 Å². The van der Waals surface area contributed by atoms with E-state index in [1.165, 1.54) is 16.5 Å². The smallest absolute Gasteiger partial charge is 0.134 e. The average molecular weight is 231 g/mol. The molecule has 2 aromatic rings. The first kappa shape index (κ1) is 12.2. The number of aryl methyl sites for hydroxylation is 3. The zero-order valence-corrected chi connectivity index (χ0v) is 11.2. The molecule has 17 heavy (non-hydrogen) atoms. The van der Waals surface area contributed by atoms with Gasteiger partial charge in [-0.1, -0.05) is 12.1 Å². The number of hydrogen-bond acceptors (Lipinski definition) is 2. The van der Waals surface area contributed by atoms with Crippen LogP contribution in [-0.2, 0) is 6.42 Å². The van der Waals surface area contributed by atoms with E-state index in [9.17, 15) is 0 Å². The van der Waals surface area contributed by atoms with Crippen LogP contribution in [0.25, 0.3) is 11.0 Å². The molecule has 0 saturated carbocycles. The molecule has 0 N–H and O–H groups in total. The molecule has 0 aliphatic heterocycles. The van der Waals surface area contributed by atoms with E-state index in [-0.39, 0.29) is 0 Å². The van der Waals surface area contributed by atoms with Gasteiger partial charge in [-0.05, 0) is 58.1 Å². The van der Waals surface area contributed by atoms with E-state index in [0.29, 0.717) is 0 Å². The lowest BCUT2D eigenvalue weighted by Crippen LogP contribution is -2.13. The summed E-state index contributed by atoms with van der Waals surface area (Å²) in [5, 5.41) is 1.26. The Bertz CT molecular complexity index is 511. The summed E-state index contributed by atoms with van der Waals surface area (Å²) in [7, 11) is 4.21. The highest BCUT2D eigenvalue weighted by molar-refractivity contribution is 5.82. The van der Waals surface area contributed by atoms with Gasteiger partial charge in [-0.2, -0.15) is 0 Å². The Hall–Kier alpha value is -1.28. The van der Waals surface area contributed by atoms with Gasteiger partial charge in [0.25, 0.3) is 0 Å². The fraction of sp³-hybridized carbons (Fsp3) is 0.467. The third-order valence-electron chi connectivity index (χ3n) is 3.20. The van der Waals surface area contributed by atoms with Gasteiger partial charge in [0.1, 0.15) is 11.3 Å². The Morgan fingerprint density at radius 3 is 2.65 bits per heavy atom. The van der Waals surface area contributed by atoms with Crippen molar-refractivity contribution in [1.82, 2.24) is 4.90 Å². The van der Waals surface area contributed by atoms with Crippen molar-refractivity contribution >= 4 is 11.0 Å². The van der Waals surface area contributed by atoms with Crippen LogP contribution in [0.3, 0.4) is 0 Å². The fourth-order valence-electron chi connectivity index (χ4n) is 2.18. The van der Waals surface area contributed by atoms with Crippen LogP contribution in [0.4, 0.5) is 0 Å². The second-order valence-electron chi connectivity index (χ2n) is 5.06. The molecule has 0 aliphatic rings. The molecule has 2 heteroatoms. The maximum Gasteiger partial charge on any atom is 0.134 e. The van der Waals surface area contributed by atoms with Crippen LogP contribution in [-0.4, -0.2) is 25.5 Å². The van der Waals surface area contributed by atoms with Crippen molar-refractivity contribution in [3.8, 4) is 0 Å². The fourth-order valence-corrected chi connectivity index (χ4v) is 2.18. The molecule has 1 aromatic carbocycles. The first-order chi connectivity index (χ1) is 8.08. The Kier molecular flexibility index (Phi) is 3.53. The van der Waals surface area contributed by atoms with Gasteiger partial charge in [0.05, 0.1) is 0 Å². The minimum Gasteiger partial charge on any atom is -0.461 e. The average Bonchev–Trinajstić information content (AvgIpc) is 2.55. The number of rotatable bonds is 4. The standard InChI is InChI=1S/C15H21NO/c1-11-7-8-13-12(2)14(17-15(13)10-11)6-5-9-16(3)4/h7-8,10H,5-6,9H2,1-4H3. The lowest BCUT2D eigenvalue weighted by molar-refractivity contribution is 0.391. The number of fused-ring (bicyclic) bond motifs is 1. The van der Waals surface area contributed by atoms with E-state index in [1.54, 1.807) is 0 Å². The topological polar surface area (TPSA) is 16.4 Å². The molecular weight excluding hydrogens is 210 g/mol. The summed E-state index contributed by atoms with van der Waals surface area (Å²) in [4.78, 5) is 2.21. The van der Waals surface area contributed by atoms with Gasteiger partial charge in [0, 0.05) is 11.8 Å². The summed E-state index contributed by atoms with van der Waals surface area (Å²) >= 11 is 0. The van der Waals surface area contributed by atoms with Gasteiger partial charge in [-0.25, -0.2) is 0 Å². The molecule has 0 bridgehead atoms. The Balaban J connectivity index is 2.20. The van der Waals surface area contributed by atoms with Crippen molar-refractivity contribution in [2.45, 2.75) is 26.7 Å². The highest BCUT2D eigenvalue weighted by atomic mass is 16.3. The summed E-state index contributed by atoms with van der Waals surface area (Å²) in [5.74, 6) is 1.15. The zero-order valence-electron chi connectivity index (χ0n) is 11.2. The van der Waals surface area contributed by atoms with E-state index in [2.05, 4.69) is 51.0 Å². The molecule has 0 amide bonds. The van der Waals surface area contributed by atoms with Crippen molar-refractivity contribution in [2.75, 3.05) is 20.6 Å². The Morgan fingerprint density at radius 2 is 1.94 bits per heavy atom. The molecule has 1 aromatic heterocycles. The first-order valence-corrected chi connectivity index (χ1v) is 6.21. The monoisotopic (exact) mass is 231 g/mol. The molecule has 2 nitrogen and oxygen atoms in total. The highest BCUT2D eigenvalue weighted by Gasteiger charge is 2.09. The lowest BCUT2D eigenvalue weighted by atomic mass is 10.1. The van der Waals surface area contributed by atoms with Gasteiger partial charge >= 0.3 is 0 Å². The molecule has 0 atom stereocenters. The minimum absolute atomic E-state index is 1.03. The van der Waals surface area contributed by atoms with Crippen LogP contribution >= 0.6 is 0 Å². The van der Waals surface area contributed by atoms with E-state index in [0.717, 1.165) is 30.7 Å². The van der Waals surface area contributed by atoms with Crippen LogP contribution in [0.15, 0.2) is 22.6 Å². The zero-order chi connectivity index (χ0) is 12.4. The van der Waals surface area contributed by atoms with Crippen LogP contribution in [0.5, 0.6) is 0 Å². The van der Waals surface area contributed by atoms with Crippen LogP contribution in [0.1, 0.15) is 23.3 Å². The van der Waals surface area contributed by atoms with Crippen LogP contribution < -0.4 is 0 Å². The van der Waals surface area contributed by atoms with Gasteiger partial charge in [-0.15, -0.1) is 0 Å². The molecule has 92 valence electrons. The van der Waals surface area contributed by atoms with Gasteiger partial charge in [0.15, 0.2) is 0 Å². The summed E-state index contributed by atoms with van der Waals surface area (Å²) in [6.45, 7) is 5.37. The number of furan rings is 1. The Labute approximate surface area is 103 Å². The SMILES string of the molecule is Cc1ccc2c(C)c(CCCN(C)C)oc2c1. The number of nitrogens with zero attached hydrogens (tertiary/aromatic N) is 1. The molecule has 0 fully saturated rings. The highest BCUT2D eigenvalue weighted by Crippen LogP contribution is 2.26. The number of benzene rings is 1. The molecule has 0 radical (unpaired) electrons. The second-order valence-corrected chi connectivity index (χ2v) is 5.06. The van der Waals surface area contributed by atoms with Crippen LogP contribution in [0.2, 0.25) is 0 Å². The third kappa shape index (κ3) is 2.70. The van der Waals surface area contributed by atoms with Crippen molar-refractivity contribution in [1.29, 1.82) is 0 Å². The van der Waals surface area contributed by atoms with Gasteiger partial charge in [0.2, 0.25) is 0 Å². The normalized spacial score (nSPS) is 11.6. The molecule has 0 aliphatic carbocycles. The summed E-state index contributed by atoms with van der Waals surface area (Å²) in [6.07, 6.45) is 2.17. The quantitative estimate of drug-likeness (QED) is 0.800. The predicted octanol–water partition coefficient (Wildman–Crippen LogP) is 3.54. The first-order valence-electron chi connectivity index (χ1n) is 6.21. The maximum atomic E-state index is 5.94. The predicted molar refractivity (Wildman–Crippen MR) is 72.6 cm³/mol. The molecule has 2 rings (SSSR count). The molecular formula is C15H21NO. The summed E-state index contributed by atoms with van der Waals surface area (Å²) in [6, 6.07) is 6.44. The third-order valence-corrected chi connectivity index (χ3v) is 3.20. The largest absolute Gasteiger partial charge is 0.461 e. The van der Waals surface area contributed by atoms with E-state index in [1.807, 2.05) is 0 Å². The molecule has 0 saturated heterocycles. The molecule has 1 heterocycles. The summed E-state index contributed by atoms with van der Waals surface area (Å²) < 4.78 is 5.94.